The fourth-order valence-corrected chi connectivity index (χ4v) is 2.26. The van der Waals surface area contributed by atoms with E-state index in [0.29, 0.717) is 22.6 Å². The minimum atomic E-state index is -0.486. The zero-order valence-corrected chi connectivity index (χ0v) is 11.9. The van der Waals surface area contributed by atoms with Crippen molar-refractivity contribution in [2.45, 2.75) is 0 Å². The van der Waals surface area contributed by atoms with E-state index in [1.165, 1.54) is 7.11 Å². The Balaban J connectivity index is 1.93. The Morgan fingerprint density at radius 3 is 2.81 bits per heavy atom. The second-order valence-electron chi connectivity index (χ2n) is 4.33. The molecular formula is C16H11ClO4. The smallest absolute Gasteiger partial charge is 0.339 e. The second-order valence-corrected chi connectivity index (χ2v) is 4.74. The zero-order valence-electron chi connectivity index (χ0n) is 11.1. The Hall–Kier alpha value is -2.46. The maximum Gasteiger partial charge on any atom is 0.339 e. The molecule has 0 aliphatic heterocycles. The first kappa shape index (κ1) is 13.5. The van der Waals surface area contributed by atoms with Crippen molar-refractivity contribution in [2.75, 3.05) is 7.11 Å². The summed E-state index contributed by atoms with van der Waals surface area (Å²) in [6.07, 6.45) is 1.60. The van der Waals surface area contributed by atoms with Crippen LogP contribution in [0.25, 0.3) is 11.0 Å². The molecule has 2 aromatic carbocycles. The summed E-state index contributed by atoms with van der Waals surface area (Å²) < 4.78 is 15.8. The predicted octanol–water partition coefficient (Wildman–Crippen LogP) is 4.67. The number of para-hydroxylation sites is 1. The van der Waals surface area contributed by atoms with Crippen LogP contribution in [-0.4, -0.2) is 13.1 Å². The van der Waals surface area contributed by atoms with Gasteiger partial charge in [0.1, 0.15) is 5.75 Å². The molecule has 0 amide bonds. The molecule has 3 rings (SSSR count). The van der Waals surface area contributed by atoms with E-state index in [-0.39, 0.29) is 5.02 Å². The van der Waals surface area contributed by atoms with Crippen LogP contribution >= 0.6 is 11.6 Å². The number of carbonyl (C=O) groups excluding carboxylic acids is 1. The van der Waals surface area contributed by atoms with Crippen LogP contribution in [0.15, 0.2) is 53.1 Å². The van der Waals surface area contributed by atoms with E-state index in [9.17, 15) is 4.79 Å². The molecule has 5 heteroatoms. The highest BCUT2D eigenvalue weighted by molar-refractivity contribution is 6.33. The van der Waals surface area contributed by atoms with Gasteiger partial charge in [-0.1, -0.05) is 23.7 Å². The van der Waals surface area contributed by atoms with Crippen molar-refractivity contribution in [2.24, 2.45) is 0 Å². The Labute approximate surface area is 125 Å². The molecular weight excluding hydrogens is 292 g/mol. The van der Waals surface area contributed by atoms with E-state index < -0.39 is 5.97 Å². The van der Waals surface area contributed by atoms with Crippen molar-refractivity contribution in [1.82, 2.24) is 0 Å². The summed E-state index contributed by atoms with van der Waals surface area (Å²) in [4.78, 5) is 11.5. The van der Waals surface area contributed by atoms with Gasteiger partial charge in [0.2, 0.25) is 0 Å². The molecule has 0 radical (unpaired) electrons. The van der Waals surface area contributed by atoms with Crippen molar-refractivity contribution in [3.63, 3.8) is 0 Å². The molecule has 0 saturated heterocycles. The van der Waals surface area contributed by atoms with Crippen molar-refractivity contribution >= 4 is 28.5 Å². The lowest BCUT2D eigenvalue weighted by molar-refractivity contribution is 0.0601. The van der Waals surface area contributed by atoms with Crippen LogP contribution in [0, 0.1) is 0 Å². The van der Waals surface area contributed by atoms with E-state index >= 15 is 0 Å². The fourth-order valence-electron chi connectivity index (χ4n) is 2.01. The number of ether oxygens (including phenoxy) is 2. The second kappa shape index (κ2) is 5.50. The molecule has 0 saturated carbocycles. The first-order chi connectivity index (χ1) is 10.2. The number of carbonyl (C=O) groups is 1. The molecule has 0 atom stereocenters. The minimum absolute atomic E-state index is 0.269. The lowest BCUT2D eigenvalue weighted by Crippen LogP contribution is -2.01. The molecule has 1 heterocycles. The topological polar surface area (TPSA) is 48.7 Å². The van der Waals surface area contributed by atoms with Gasteiger partial charge in [0.05, 0.1) is 24.0 Å². The lowest BCUT2D eigenvalue weighted by atomic mass is 10.2. The van der Waals surface area contributed by atoms with Gasteiger partial charge in [-0.15, -0.1) is 0 Å². The number of hydrogen-bond donors (Lipinski definition) is 0. The summed E-state index contributed by atoms with van der Waals surface area (Å²) >= 11 is 6.06. The van der Waals surface area contributed by atoms with E-state index in [1.54, 1.807) is 30.5 Å². The summed E-state index contributed by atoms with van der Waals surface area (Å²) in [7, 11) is 1.31. The van der Waals surface area contributed by atoms with Crippen LogP contribution in [0.4, 0.5) is 0 Å². The average Bonchev–Trinajstić information content (AvgIpc) is 2.96. The highest BCUT2D eigenvalue weighted by Gasteiger charge is 2.12. The van der Waals surface area contributed by atoms with Gasteiger partial charge in [0, 0.05) is 11.5 Å². The predicted molar refractivity (Wildman–Crippen MR) is 79.1 cm³/mol. The molecule has 0 unspecified atom stereocenters. The largest absolute Gasteiger partial charge is 0.465 e. The number of fused-ring (bicyclic) bond motifs is 1. The van der Waals surface area contributed by atoms with Gasteiger partial charge in [-0.25, -0.2) is 4.79 Å². The number of hydrogen-bond acceptors (Lipinski definition) is 4. The van der Waals surface area contributed by atoms with E-state index in [2.05, 4.69) is 4.74 Å². The Bertz CT molecular complexity index is 807. The molecule has 0 bridgehead atoms. The Morgan fingerprint density at radius 1 is 1.19 bits per heavy atom. The van der Waals surface area contributed by atoms with Gasteiger partial charge < -0.3 is 13.9 Å². The third-order valence-corrected chi connectivity index (χ3v) is 3.33. The maximum atomic E-state index is 11.5. The summed E-state index contributed by atoms with van der Waals surface area (Å²) in [5.74, 6) is 0.607. The number of esters is 1. The fraction of sp³-hybridized carbons (Fsp3) is 0.0625. The van der Waals surface area contributed by atoms with Crippen molar-refractivity contribution in [3.8, 4) is 11.5 Å². The number of halogens is 1. The maximum absolute atomic E-state index is 11.5. The van der Waals surface area contributed by atoms with E-state index in [4.69, 9.17) is 20.8 Å². The molecule has 21 heavy (non-hydrogen) atoms. The normalized spacial score (nSPS) is 10.6. The number of rotatable bonds is 3. The number of benzene rings is 2. The van der Waals surface area contributed by atoms with Crippen molar-refractivity contribution in [1.29, 1.82) is 0 Å². The standard InChI is InChI=1S/C16H11ClO4/c1-19-16(18)12-6-5-11(9-13(12)17)21-14-4-2-3-10-7-8-20-15(10)14/h2-9H,1H3. The zero-order chi connectivity index (χ0) is 14.8. The third kappa shape index (κ3) is 2.58. The monoisotopic (exact) mass is 302 g/mol. The molecule has 0 aliphatic rings. The van der Waals surface area contributed by atoms with Gasteiger partial charge in [0.25, 0.3) is 0 Å². The third-order valence-electron chi connectivity index (χ3n) is 3.02. The van der Waals surface area contributed by atoms with E-state index in [0.717, 1.165) is 5.39 Å². The quantitative estimate of drug-likeness (QED) is 0.660. The van der Waals surface area contributed by atoms with Crippen LogP contribution in [-0.2, 0) is 4.74 Å². The number of furan rings is 1. The number of methoxy groups -OCH3 is 1. The van der Waals surface area contributed by atoms with Crippen LogP contribution < -0.4 is 4.74 Å². The van der Waals surface area contributed by atoms with Crippen LogP contribution in [0.1, 0.15) is 10.4 Å². The molecule has 1 aromatic heterocycles. The molecule has 0 N–H and O–H groups in total. The first-order valence-corrected chi connectivity index (χ1v) is 6.59. The van der Waals surface area contributed by atoms with Crippen molar-refractivity contribution < 1.29 is 18.7 Å². The van der Waals surface area contributed by atoms with Gasteiger partial charge >= 0.3 is 5.97 Å². The lowest BCUT2D eigenvalue weighted by Gasteiger charge is -2.08. The van der Waals surface area contributed by atoms with Crippen LogP contribution in [0.5, 0.6) is 11.5 Å². The van der Waals surface area contributed by atoms with Gasteiger partial charge in [-0.05, 0) is 24.3 Å². The molecule has 3 aromatic rings. The summed E-state index contributed by atoms with van der Waals surface area (Å²) in [6, 6.07) is 12.2. The first-order valence-electron chi connectivity index (χ1n) is 6.21. The van der Waals surface area contributed by atoms with Gasteiger partial charge in [0.15, 0.2) is 11.3 Å². The molecule has 106 valence electrons. The molecule has 0 aliphatic carbocycles. The summed E-state index contributed by atoms with van der Waals surface area (Å²) in [6.45, 7) is 0. The van der Waals surface area contributed by atoms with Crippen LogP contribution in [0.3, 0.4) is 0 Å². The Kier molecular flexibility index (Phi) is 3.54. The van der Waals surface area contributed by atoms with Gasteiger partial charge in [-0.3, -0.25) is 0 Å². The minimum Gasteiger partial charge on any atom is -0.465 e. The van der Waals surface area contributed by atoms with Crippen molar-refractivity contribution in [3.05, 3.63) is 59.3 Å². The highest BCUT2D eigenvalue weighted by atomic mass is 35.5. The SMILES string of the molecule is COC(=O)c1ccc(Oc2cccc3ccoc23)cc1Cl. The average molecular weight is 303 g/mol. The summed E-state index contributed by atoms with van der Waals surface area (Å²) in [5, 5.41) is 1.22. The summed E-state index contributed by atoms with van der Waals surface area (Å²) in [5.41, 5.74) is 0.952. The molecule has 0 spiro atoms. The van der Waals surface area contributed by atoms with E-state index in [1.807, 2.05) is 18.2 Å². The Morgan fingerprint density at radius 2 is 2.05 bits per heavy atom. The molecule has 4 nitrogen and oxygen atoms in total. The van der Waals surface area contributed by atoms with Gasteiger partial charge in [-0.2, -0.15) is 0 Å². The van der Waals surface area contributed by atoms with Crippen LogP contribution in [0.2, 0.25) is 5.02 Å². The molecule has 0 fully saturated rings. The highest BCUT2D eigenvalue weighted by Crippen LogP contribution is 2.32.